The van der Waals surface area contributed by atoms with Gasteiger partial charge in [0.25, 0.3) is 0 Å². The van der Waals surface area contributed by atoms with E-state index in [2.05, 4.69) is 0 Å². The molecule has 0 radical (unpaired) electrons. The molecule has 0 amide bonds. The molecule has 0 aliphatic carbocycles. The molecule has 0 unspecified atom stereocenters. The number of carbonyl (C=O) groups excluding carboxylic acids is 1. The molecule has 0 spiro atoms. The van der Waals surface area contributed by atoms with Crippen molar-refractivity contribution in [3.8, 4) is 0 Å². The standard InChI is InChI=1S/C13H16O3/c14-8-11-3-5-12(6-4-11)9-15-10-13-2-1-7-16-13/h3-6,8,13H,1-2,7,9-10H2/t13-/m0/s1. The lowest BCUT2D eigenvalue weighted by molar-refractivity contribution is 0.0106. The Morgan fingerprint density at radius 3 is 2.81 bits per heavy atom. The average Bonchev–Trinajstić information content (AvgIpc) is 2.83. The predicted octanol–water partition coefficient (Wildman–Crippen LogP) is 2.19. The molecule has 0 saturated carbocycles. The van der Waals surface area contributed by atoms with E-state index in [-0.39, 0.29) is 6.10 Å². The second-order valence-electron chi connectivity index (χ2n) is 4.01. The topological polar surface area (TPSA) is 35.5 Å². The number of ether oxygens (including phenoxy) is 2. The minimum atomic E-state index is 0.272. The quantitative estimate of drug-likeness (QED) is 0.713. The van der Waals surface area contributed by atoms with E-state index < -0.39 is 0 Å². The van der Waals surface area contributed by atoms with Gasteiger partial charge in [-0.25, -0.2) is 0 Å². The fourth-order valence-electron chi connectivity index (χ4n) is 1.78. The van der Waals surface area contributed by atoms with E-state index in [0.29, 0.717) is 18.8 Å². The van der Waals surface area contributed by atoms with Gasteiger partial charge in [0.15, 0.2) is 0 Å². The summed E-state index contributed by atoms with van der Waals surface area (Å²) >= 11 is 0. The minimum Gasteiger partial charge on any atom is -0.376 e. The first kappa shape index (κ1) is 11.3. The molecular formula is C13H16O3. The smallest absolute Gasteiger partial charge is 0.150 e. The largest absolute Gasteiger partial charge is 0.376 e. The Morgan fingerprint density at radius 2 is 2.19 bits per heavy atom. The highest BCUT2D eigenvalue weighted by Crippen LogP contribution is 2.13. The molecule has 1 aromatic rings. The van der Waals surface area contributed by atoms with Crippen molar-refractivity contribution in [1.82, 2.24) is 0 Å². The van der Waals surface area contributed by atoms with E-state index in [1.54, 1.807) is 12.1 Å². The van der Waals surface area contributed by atoms with Gasteiger partial charge in [0.2, 0.25) is 0 Å². The summed E-state index contributed by atoms with van der Waals surface area (Å²) in [6.45, 7) is 2.11. The van der Waals surface area contributed by atoms with Gasteiger partial charge in [-0.1, -0.05) is 24.3 Å². The molecule has 0 aromatic heterocycles. The number of hydrogen-bond donors (Lipinski definition) is 0. The highest BCUT2D eigenvalue weighted by Gasteiger charge is 2.14. The zero-order valence-electron chi connectivity index (χ0n) is 9.22. The SMILES string of the molecule is O=Cc1ccc(COC[C@@H]2CCCO2)cc1. The molecule has 86 valence electrons. The molecule has 1 atom stereocenters. The lowest BCUT2D eigenvalue weighted by Gasteiger charge is -2.09. The first-order chi connectivity index (χ1) is 7.88. The Kier molecular flexibility index (Phi) is 4.08. The van der Waals surface area contributed by atoms with Gasteiger partial charge in [0.1, 0.15) is 6.29 Å². The van der Waals surface area contributed by atoms with Crippen molar-refractivity contribution in [1.29, 1.82) is 0 Å². The van der Waals surface area contributed by atoms with E-state index in [1.165, 1.54) is 0 Å². The molecule has 0 bridgehead atoms. The third-order valence-corrected chi connectivity index (χ3v) is 2.71. The van der Waals surface area contributed by atoms with E-state index in [0.717, 1.165) is 31.3 Å². The van der Waals surface area contributed by atoms with Gasteiger partial charge in [-0.2, -0.15) is 0 Å². The summed E-state index contributed by atoms with van der Waals surface area (Å²) < 4.78 is 11.0. The predicted molar refractivity (Wildman–Crippen MR) is 60.5 cm³/mol. The van der Waals surface area contributed by atoms with Crippen LogP contribution in [-0.4, -0.2) is 25.6 Å². The Balaban J connectivity index is 1.73. The van der Waals surface area contributed by atoms with Crippen LogP contribution in [0.4, 0.5) is 0 Å². The van der Waals surface area contributed by atoms with Gasteiger partial charge in [-0.3, -0.25) is 4.79 Å². The summed E-state index contributed by atoms with van der Waals surface area (Å²) in [5.74, 6) is 0. The molecular weight excluding hydrogens is 204 g/mol. The molecule has 3 heteroatoms. The summed E-state index contributed by atoms with van der Waals surface area (Å²) in [5, 5.41) is 0. The third kappa shape index (κ3) is 3.15. The maximum atomic E-state index is 10.5. The molecule has 1 aromatic carbocycles. The fourth-order valence-corrected chi connectivity index (χ4v) is 1.78. The molecule has 1 heterocycles. The molecule has 3 nitrogen and oxygen atoms in total. The van der Waals surface area contributed by atoms with E-state index in [1.807, 2.05) is 12.1 Å². The average molecular weight is 220 g/mol. The van der Waals surface area contributed by atoms with Gasteiger partial charge >= 0.3 is 0 Å². The molecule has 1 aliphatic heterocycles. The molecule has 0 N–H and O–H groups in total. The van der Waals surface area contributed by atoms with Crippen LogP contribution in [0.5, 0.6) is 0 Å². The number of hydrogen-bond acceptors (Lipinski definition) is 3. The lowest BCUT2D eigenvalue weighted by Crippen LogP contribution is -2.13. The van der Waals surface area contributed by atoms with Crippen LogP contribution in [0, 0.1) is 0 Å². The minimum absolute atomic E-state index is 0.272. The summed E-state index contributed by atoms with van der Waals surface area (Å²) in [7, 11) is 0. The molecule has 1 aliphatic rings. The molecule has 2 rings (SSSR count). The number of rotatable bonds is 5. The van der Waals surface area contributed by atoms with Crippen LogP contribution in [-0.2, 0) is 16.1 Å². The normalized spacial score (nSPS) is 19.9. The van der Waals surface area contributed by atoms with Crippen LogP contribution in [0.25, 0.3) is 0 Å². The fraction of sp³-hybridized carbons (Fsp3) is 0.462. The van der Waals surface area contributed by atoms with Gasteiger partial charge < -0.3 is 9.47 Å². The molecule has 16 heavy (non-hydrogen) atoms. The zero-order chi connectivity index (χ0) is 11.2. The van der Waals surface area contributed by atoms with Crippen LogP contribution < -0.4 is 0 Å². The molecule has 1 saturated heterocycles. The van der Waals surface area contributed by atoms with Gasteiger partial charge in [0, 0.05) is 12.2 Å². The van der Waals surface area contributed by atoms with Crippen molar-refractivity contribution in [3.05, 3.63) is 35.4 Å². The second-order valence-corrected chi connectivity index (χ2v) is 4.01. The monoisotopic (exact) mass is 220 g/mol. The molecule has 1 fully saturated rings. The summed E-state index contributed by atoms with van der Waals surface area (Å²) in [6.07, 6.45) is 3.36. The van der Waals surface area contributed by atoms with Crippen LogP contribution in [0.3, 0.4) is 0 Å². The third-order valence-electron chi connectivity index (χ3n) is 2.71. The summed E-state index contributed by atoms with van der Waals surface area (Å²) in [4.78, 5) is 10.5. The van der Waals surface area contributed by atoms with E-state index in [9.17, 15) is 4.79 Å². The van der Waals surface area contributed by atoms with Crippen molar-refractivity contribution < 1.29 is 14.3 Å². The highest BCUT2D eigenvalue weighted by atomic mass is 16.5. The highest BCUT2D eigenvalue weighted by molar-refractivity contribution is 5.74. The van der Waals surface area contributed by atoms with E-state index >= 15 is 0 Å². The van der Waals surface area contributed by atoms with Crippen molar-refractivity contribution in [2.45, 2.75) is 25.6 Å². The maximum absolute atomic E-state index is 10.5. The van der Waals surface area contributed by atoms with Crippen LogP contribution in [0.2, 0.25) is 0 Å². The Hall–Kier alpha value is -1.19. The van der Waals surface area contributed by atoms with Crippen molar-refractivity contribution in [2.24, 2.45) is 0 Å². The van der Waals surface area contributed by atoms with Crippen molar-refractivity contribution >= 4 is 6.29 Å². The van der Waals surface area contributed by atoms with Gasteiger partial charge in [0.05, 0.1) is 19.3 Å². The van der Waals surface area contributed by atoms with Crippen LogP contribution in [0.15, 0.2) is 24.3 Å². The summed E-state index contributed by atoms with van der Waals surface area (Å²) in [6, 6.07) is 7.44. The Labute approximate surface area is 95.4 Å². The Bertz CT molecular complexity index is 326. The first-order valence-electron chi connectivity index (χ1n) is 5.62. The van der Waals surface area contributed by atoms with Gasteiger partial charge in [-0.15, -0.1) is 0 Å². The van der Waals surface area contributed by atoms with Crippen LogP contribution >= 0.6 is 0 Å². The van der Waals surface area contributed by atoms with Gasteiger partial charge in [-0.05, 0) is 18.4 Å². The summed E-state index contributed by atoms with van der Waals surface area (Å²) in [5.41, 5.74) is 1.78. The van der Waals surface area contributed by atoms with Crippen molar-refractivity contribution in [3.63, 3.8) is 0 Å². The first-order valence-corrected chi connectivity index (χ1v) is 5.62. The Morgan fingerprint density at radius 1 is 1.38 bits per heavy atom. The van der Waals surface area contributed by atoms with Crippen molar-refractivity contribution in [2.75, 3.05) is 13.2 Å². The number of benzene rings is 1. The number of carbonyl (C=O) groups is 1. The second kappa shape index (κ2) is 5.77. The maximum Gasteiger partial charge on any atom is 0.150 e. The van der Waals surface area contributed by atoms with E-state index in [4.69, 9.17) is 9.47 Å². The number of aldehydes is 1. The lowest BCUT2D eigenvalue weighted by atomic mass is 10.1. The van der Waals surface area contributed by atoms with Crippen LogP contribution in [0.1, 0.15) is 28.8 Å². The zero-order valence-corrected chi connectivity index (χ0v) is 9.22.